The molecule has 19 heavy (non-hydrogen) atoms. The predicted octanol–water partition coefficient (Wildman–Crippen LogP) is 0.785. The van der Waals surface area contributed by atoms with Gasteiger partial charge in [0.2, 0.25) is 5.91 Å². The predicted molar refractivity (Wildman–Crippen MR) is 75.1 cm³/mol. The molecule has 6 heteroatoms. The van der Waals surface area contributed by atoms with Crippen LogP contribution >= 0.6 is 11.3 Å². The molecule has 1 aromatic rings. The van der Waals surface area contributed by atoms with E-state index in [1.165, 1.54) is 4.88 Å². The Morgan fingerprint density at radius 1 is 1.42 bits per heavy atom. The van der Waals surface area contributed by atoms with E-state index in [2.05, 4.69) is 16.8 Å². The molecule has 0 aromatic carbocycles. The number of carbonyl (C=O) groups is 1. The third-order valence-corrected chi connectivity index (χ3v) is 4.52. The first-order chi connectivity index (χ1) is 8.95. The van der Waals surface area contributed by atoms with Crippen molar-refractivity contribution in [2.24, 2.45) is 0 Å². The fraction of sp³-hybridized carbons (Fsp3) is 0.692. The number of aromatic nitrogens is 1. The summed E-state index contributed by atoms with van der Waals surface area (Å²) in [6.07, 6.45) is -0.478. The number of nitrogens with zero attached hydrogens (tertiary/aromatic N) is 3. The lowest BCUT2D eigenvalue weighted by molar-refractivity contribution is -0.129. The van der Waals surface area contributed by atoms with Crippen LogP contribution < -0.4 is 0 Å². The Balaban J connectivity index is 1.99. The molecule has 0 spiro atoms. The zero-order chi connectivity index (χ0) is 14.0. The first-order valence-corrected chi connectivity index (χ1v) is 7.36. The zero-order valence-corrected chi connectivity index (χ0v) is 12.5. The Bertz CT molecular complexity index is 441. The van der Waals surface area contributed by atoms with Gasteiger partial charge in [-0.1, -0.05) is 0 Å². The molecule has 1 fully saturated rings. The van der Waals surface area contributed by atoms with Gasteiger partial charge in [0, 0.05) is 38.0 Å². The third-order valence-electron chi connectivity index (χ3n) is 3.46. The van der Waals surface area contributed by atoms with Crippen molar-refractivity contribution in [2.75, 3.05) is 26.2 Å². The Morgan fingerprint density at radius 3 is 2.74 bits per heavy atom. The van der Waals surface area contributed by atoms with Crippen LogP contribution in [-0.4, -0.2) is 58.1 Å². The molecule has 0 radical (unpaired) electrons. The molecule has 0 bridgehead atoms. The van der Waals surface area contributed by atoms with Crippen molar-refractivity contribution < 1.29 is 9.90 Å². The summed E-state index contributed by atoms with van der Waals surface area (Å²) in [6, 6.07) is 0. The molecular weight excluding hydrogens is 262 g/mol. The van der Waals surface area contributed by atoms with E-state index in [0.29, 0.717) is 19.6 Å². The normalized spacial score (nSPS) is 21.5. The summed E-state index contributed by atoms with van der Waals surface area (Å²) in [5.41, 5.74) is 1.08. The number of β-amino-alcohol motifs (C(OH)–C–C–N with tert-alkyl or cyclic N) is 1. The molecule has 5 nitrogen and oxygen atoms in total. The molecule has 0 aliphatic carbocycles. The fourth-order valence-corrected chi connectivity index (χ4v) is 3.26. The molecule has 1 amide bonds. The number of hydrogen-bond donors (Lipinski definition) is 1. The summed E-state index contributed by atoms with van der Waals surface area (Å²) in [6.45, 7) is 8.89. The van der Waals surface area contributed by atoms with E-state index >= 15 is 0 Å². The van der Waals surface area contributed by atoms with Crippen LogP contribution in [0.1, 0.15) is 22.5 Å². The number of aliphatic hydroxyl groups excluding tert-OH is 1. The second-order valence-corrected chi connectivity index (χ2v) is 6.39. The topological polar surface area (TPSA) is 56.7 Å². The number of amides is 1. The van der Waals surface area contributed by atoms with Crippen LogP contribution in [0, 0.1) is 13.8 Å². The van der Waals surface area contributed by atoms with Crippen LogP contribution in [0.15, 0.2) is 0 Å². The number of hydrogen-bond acceptors (Lipinski definition) is 5. The number of thiazole rings is 1. The van der Waals surface area contributed by atoms with Gasteiger partial charge in [-0.2, -0.15) is 0 Å². The molecule has 2 rings (SSSR count). The van der Waals surface area contributed by atoms with E-state index in [1.54, 1.807) is 23.2 Å². The minimum atomic E-state index is -0.478. The van der Waals surface area contributed by atoms with Crippen LogP contribution in [-0.2, 0) is 11.3 Å². The minimum Gasteiger partial charge on any atom is -0.390 e. The number of aliphatic hydroxyl groups is 1. The maximum atomic E-state index is 11.4. The van der Waals surface area contributed by atoms with Crippen LogP contribution in [0.2, 0.25) is 0 Å². The summed E-state index contributed by atoms with van der Waals surface area (Å²) < 4.78 is 0. The fourth-order valence-electron chi connectivity index (χ4n) is 2.28. The summed E-state index contributed by atoms with van der Waals surface area (Å²) >= 11 is 1.71. The van der Waals surface area contributed by atoms with E-state index in [9.17, 15) is 9.90 Å². The molecule has 1 atom stereocenters. The first kappa shape index (κ1) is 14.4. The van der Waals surface area contributed by atoms with Gasteiger partial charge in [-0.3, -0.25) is 9.69 Å². The first-order valence-electron chi connectivity index (χ1n) is 6.54. The molecule has 1 unspecified atom stereocenters. The molecule has 1 aliphatic heterocycles. The van der Waals surface area contributed by atoms with Gasteiger partial charge in [-0.15, -0.1) is 11.3 Å². The lowest BCUT2D eigenvalue weighted by Gasteiger charge is -2.19. The monoisotopic (exact) mass is 283 g/mol. The van der Waals surface area contributed by atoms with Crippen LogP contribution in [0.3, 0.4) is 0 Å². The maximum absolute atomic E-state index is 11.4. The molecule has 1 aromatic heterocycles. The highest BCUT2D eigenvalue weighted by Crippen LogP contribution is 2.18. The number of aryl methyl sites for hydroxylation is 2. The Labute approximate surface area is 117 Å². The van der Waals surface area contributed by atoms with Gasteiger partial charge in [-0.25, -0.2) is 4.98 Å². The second-order valence-electron chi connectivity index (χ2n) is 5.10. The quantitative estimate of drug-likeness (QED) is 0.871. The Morgan fingerprint density at radius 2 is 2.16 bits per heavy atom. The molecule has 2 heterocycles. The SMILES string of the molecule is CC(=O)N1CCN(Cc2nc(C)c(C)s2)CC(O)C1. The highest BCUT2D eigenvalue weighted by molar-refractivity contribution is 7.11. The van der Waals surface area contributed by atoms with Crippen LogP contribution in [0.25, 0.3) is 0 Å². The Hall–Kier alpha value is -0.980. The summed E-state index contributed by atoms with van der Waals surface area (Å²) in [5, 5.41) is 11.0. The van der Waals surface area contributed by atoms with E-state index in [4.69, 9.17) is 0 Å². The van der Waals surface area contributed by atoms with Gasteiger partial charge in [0.15, 0.2) is 0 Å². The number of rotatable bonds is 2. The van der Waals surface area contributed by atoms with E-state index in [1.807, 2.05) is 6.92 Å². The Kier molecular flexibility index (Phi) is 4.54. The minimum absolute atomic E-state index is 0.0295. The average molecular weight is 283 g/mol. The van der Waals surface area contributed by atoms with Gasteiger partial charge in [0.05, 0.1) is 18.3 Å². The lowest BCUT2D eigenvalue weighted by Crippen LogP contribution is -2.36. The molecule has 0 saturated carbocycles. The van der Waals surface area contributed by atoms with Crippen LogP contribution in [0.4, 0.5) is 0 Å². The lowest BCUT2D eigenvalue weighted by atomic mass is 10.3. The van der Waals surface area contributed by atoms with Crippen molar-refractivity contribution in [1.82, 2.24) is 14.8 Å². The highest BCUT2D eigenvalue weighted by atomic mass is 32.1. The van der Waals surface area contributed by atoms with Crippen molar-refractivity contribution in [3.05, 3.63) is 15.6 Å². The van der Waals surface area contributed by atoms with E-state index in [0.717, 1.165) is 23.8 Å². The van der Waals surface area contributed by atoms with E-state index in [-0.39, 0.29) is 5.91 Å². The maximum Gasteiger partial charge on any atom is 0.219 e. The summed E-state index contributed by atoms with van der Waals surface area (Å²) in [4.78, 5) is 21.1. The molecular formula is C13H21N3O2S. The van der Waals surface area contributed by atoms with Gasteiger partial charge >= 0.3 is 0 Å². The van der Waals surface area contributed by atoms with Crippen molar-refractivity contribution in [1.29, 1.82) is 0 Å². The largest absolute Gasteiger partial charge is 0.390 e. The highest BCUT2D eigenvalue weighted by Gasteiger charge is 2.23. The summed E-state index contributed by atoms with van der Waals surface area (Å²) in [5.74, 6) is 0.0295. The van der Waals surface area contributed by atoms with E-state index < -0.39 is 6.10 Å². The number of carbonyl (C=O) groups excluding carboxylic acids is 1. The van der Waals surface area contributed by atoms with Gasteiger partial charge in [-0.05, 0) is 13.8 Å². The standard InChI is InChI=1S/C13H21N3O2S/c1-9-10(2)19-13(14-9)8-15-4-5-16(11(3)17)7-12(18)6-15/h12,18H,4-8H2,1-3H3. The molecule has 1 saturated heterocycles. The van der Waals surface area contributed by atoms with Gasteiger partial charge in [0.1, 0.15) is 5.01 Å². The average Bonchev–Trinajstić information content (AvgIpc) is 2.53. The smallest absolute Gasteiger partial charge is 0.219 e. The van der Waals surface area contributed by atoms with Crippen molar-refractivity contribution in [3.8, 4) is 0 Å². The molecule has 1 aliphatic rings. The van der Waals surface area contributed by atoms with Crippen molar-refractivity contribution >= 4 is 17.2 Å². The van der Waals surface area contributed by atoms with Crippen molar-refractivity contribution in [3.63, 3.8) is 0 Å². The third kappa shape index (κ3) is 3.75. The van der Waals surface area contributed by atoms with Gasteiger partial charge < -0.3 is 10.0 Å². The summed E-state index contributed by atoms with van der Waals surface area (Å²) in [7, 11) is 0. The second kappa shape index (κ2) is 5.98. The zero-order valence-electron chi connectivity index (χ0n) is 11.7. The van der Waals surface area contributed by atoms with Crippen LogP contribution in [0.5, 0.6) is 0 Å². The molecule has 1 N–H and O–H groups in total. The van der Waals surface area contributed by atoms with Gasteiger partial charge in [0.25, 0.3) is 0 Å². The van der Waals surface area contributed by atoms with Crippen molar-refractivity contribution in [2.45, 2.75) is 33.4 Å². The molecule has 106 valence electrons.